The molecule has 0 aliphatic carbocycles. The number of aromatic amines is 1. The number of nitrogens with one attached hydrogen (secondary N) is 1. The highest BCUT2D eigenvalue weighted by Crippen LogP contribution is 2.24. The number of nitrogens with zero attached hydrogens (tertiary/aromatic N) is 2. The number of H-pyrrole nitrogens is 1. The average molecular weight is 311 g/mol. The fraction of sp³-hybridized carbons (Fsp3) is 0.235. The maximum absolute atomic E-state index is 12.2. The van der Waals surface area contributed by atoms with Crippen molar-refractivity contribution >= 4 is 10.8 Å². The molecule has 3 rings (SSSR count). The monoisotopic (exact) mass is 311 g/mol. The molecule has 0 amide bonds. The number of hydrogen-bond donors (Lipinski definition) is 1. The molecule has 2 heterocycles. The first-order valence-corrected chi connectivity index (χ1v) is 7.30. The molecule has 1 N–H and O–H groups in total. The zero-order valence-corrected chi connectivity index (χ0v) is 12.8. The summed E-state index contributed by atoms with van der Waals surface area (Å²) in [4.78, 5) is 16.3. The summed E-state index contributed by atoms with van der Waals surface area (Å²) in [5, 5.41) is 8.05. The minimum absolute atomic E-state index is 0.261. The van der Waals surface area contributed by atoms with E-state index in [1.165, 1.54) is 0 Å². The van der Waals surface area contributed by atoms with Crippen molar-refractivity contribution in [2.24, 2.45) is 0 Å². The quantitative estimate of drug-likeness (QED) is 0.704. The van der Waals surface area contributed by atoms with Crippen molar-refractivity contribution in [3.8, 4) is 5.75 Å². The molecule has 0 saturated carbocycles. The molecule has 0 atom stereocenters. The third kappa shape index (κ3) is 3.37. The van der Waals surface area contributed by atoms with E-state index in [1.54, 1.807) is 25.6 Å². The van der Waals surface area contributed by atoms with Crippen LogP contribution in [0.3, 0.4) is 0 Å². The Labute approximate surface area is 133 Å². The van der Waals surface area contributed by atoms with Crippen molar-refractivity contribution in [2.75, 3.05) is 20.3 Å². The SMILES string of the molecule is COCCOc1cccc2c(Cc3cccnc3)n[nH]c(=O)c12. The van der Waals surface area contributed by atoms with Gasteiger partial charge in [0.05, 0.1) is 17.7 Å². The van der Waals surface area contributed by atoms with Gasteiger partial charge in [0.1, 0.15) is 12.4 Å². The lowest BCUT2D eigenvalue weighted by atomic mass is 10.1. The van der Waals surface area contributed by atoms with Crippen LogP contribution in [0.4, 0.5) is 0 Å². The van der Waals surface area contributed by atoms with Crippen molar-refractivity contribution < 1.29 is 9.47 Å². The van der Waals surface area contributed by atoms with Gasteiger partial charge < -0.3 is 9.47 Å². The van der Waals surface area contributed by atoms with Gasteiger partial charge in [-0.05, 0) is 17.7 Å². The summed E-state index contributed by atoms with van der Waals surface area (Å²) in [5.74, 6) is 0.538. The Kier molecular flexibility index (Phi) is 4.63. The second-order valence-electron chi connectivity index (χ2n) is 5.06. The van der Waals surface area contributed by atoms with Crippen molar-refractivity contribution in [2.45, 2.75) is 6.42 Å². The molecular formula is C17H17N3O3. The molecule has 2 aromatic heterocycles. The minimum atomic E-state index is -0.261. The summed E-state index contributed by atoms with van der Waals surface area (Å²) in [7, 11) is 1.61. The Hall–Kier alpha value is -2.73. The Morgan fingerprint density at radius 3 is 2.87 bits per heavy atom. The molecule has 0 aliphatic rings. The van der Waals surface area contributed by atoms with E-state index < -0.39 is 0 Å². The second-order valence-corrected chi connectivity index (χ2v) is 5.06. The van der Waals surface area contributed by atoms with E-state index in [0.717, 1.165) is 16.6 Å². The van der Waals surface area contributed by atoms with Gasteiger partial charge in [-0.25, -0.2) is 5.10 Å². The largest absolute Gasteiger partial charge is 0.490 e. The van der Waals surface area contributed by atoms with Gasteiger partial charge in [-0.2, -0.15) is 5.10 Å². The molecule has 0 bridgehead atoms. The molecule has 0 unspecified atom stereocenters. The van der Waals surface area contributed by atoms with Crippen LogP contribution in [0.1, 0.15) is 11.3 Å². The predicted octanol–water partition coefficient (Wildman–Crippen LogP) is 1.93. The average Bonchev–Trinajstić information content (AvgIpc) is 2.59. The summed E-state index contributed by atoms with van der Waals surface area (Å²) >= 11 is 0. The van der Waals surface area contributed by atoms with Gasteiger partial charge in [-0.15, -0.1) is 0 Å². The van der Waals surface area contributed by atoms with Crippen LogP contribution in [0.15, 0.2) is 47.5 Å². The molecule has 0 aliphatic heterocycles. The highest BCUT2D eigenvalue weighted by atomic mass is 16.5. The Balaban J connectivity index is 2.02. The first-order valence-electron chi connectivity index (χ1n) is 7.30. The van der Waals surface area contributed by atoms with Crippen LogP contribution < -0.4 is 10.3 Å². The van der Waals surface area contributed by atoms with Crippen molar-refractivity contribution in [3.05, 3.63) is 64.3 Å². The number of aromatic nitrogens is 3. The van der Waals surface area contributed by atoms with Crippen LogP contribution in [0.25, 0.3) is 10.8 Å². The highest BCUT2D eigenvalue weighted by molar-refractivity contribution is 5.89. The van der Waals surface area contributed by atoms with E-state index >= 15 is 0 Å². The number of fused-ring (bicyclic) bond motifs is 1. The molecular weight excluding hydrogens is 294 g/mol. The number of hydrogen-bond acceptors (Lipinski definition) is 5. The molecule has 3 aromatic rings. The van der Waals surface area contributed by atoms with Crippen LogP contribution in [0.2, 0.25) is 0 Å². The lowest BCUT2D eigenvalue weighted by molar-refractivity contribution is 0.147. The van der Waals surface area contributed by atoms with Gasteiger partial charge >= 0.3 is 0 Å². The summed E-state index contributed by atoms with van der Waals surface area (Å²) in [6.45, 7) is 0.844. The number of methoxy groups -OCH3 is 1. The Morgan fingerprint density at radius 2 is 2.09 bits per heavy atom. The van der Waals surface area contributed by atoms with Gasteiger partial charge in [0.15, 0.2) is 0 Å². The van der Waals surface area contributed by atoms with E-state index in [4.69, 9.17) is 9.47 Å². The summed E-state index contributed by atoms with van der Waals surface area (Å²) < 4.78 is 10.6. The first-order chi connectivity index (χ1) is 11.3. The summed E-state index contributed by atoms with van der Waals surface area (Å²) in [5.41, 5.74) is 1.55. The number of pyridine rings is 1. The number of ether oxygens (including phenoxy) is 2. The maximum atomic E-state index is 12.2. The van der Waals surface area contributed by atoms with Crippen LogP contribution >= 0.6 is 0 Å². The van der Waals surface area contributed by atoms with Crippen LogP contribution in [0, 0.1) is 0 Å². The van der Waals surface area contributed by atoms with Gasteiger partial charge in [0, 0.05) is 31.3 Å². The fourth-order valence-corrected chi connectivity index (χ4v) is 2.43. The normalized spacial score (nSPS) is 10.8. The maximum Gasteiger partial charge on any atom is 0.275 e. The zero-order chi connectivity index (χ0) is 16.1. The van der Waals surface area contributed by atoms with Crippen molar-refractivity contribution in [1.29, 1.82) is 0 Å². The number of benzene rings is 1. The molecule has 1 aromatic carbocycles. The van der Waals surface area contributed by atoms with E-state index in [-0.39, 0.29) is 5.56 Å². The van der Waals surface area contributed by atoms with Crippen LogP contribution in [-0.2, 0) is 11.2 Å². The molecule has 0 radical (unpaired) electrons. The van der Waals surface area contributed by atoms with E-state index in [0.29, 0.717) is 30.8 Å². The van der Waals surface area contributed by atoms with E-state index in [1.807, 2.05) is 24.3 Å². The molecule has 6 heteroatoms. The Morgan fingerprint density at radius 1 is 1.17 bits per heavy atom. The predicted molar refractivity (Wildman–Crippen MR) is 86.8 cm³/mol. The highest BCUT2D eigenvalue weighted by Gasteiger charge is 2.12. The lowest BCUT2D eigenvalue weighted by Gasteiger charge is -2.10. The molecule has 6 nitrogen and oxygen atoms in total. The Bertz CT molecular complexity index is 847. The van der Waals surface area contributed by atoms with E-state index in [2.05, 4.69) is 15.2 Å². The molecule has 23 heavy (non-hydrogen) atoms. The minimum Gasteiger partial charge on any atom is -0.490 e. The molecule has 0 saturated heterocycles. The van der Waals surface area contributed by atoms with Gasteiger partial charge in [-0.1, -0.05) is 18.2 Å². The third-order valence-corrected chi connectivity index (χ3v) is 3.50. The van der Waals surface area contributed by atoms with Gasteiger partial charge in [0.2, 0.25) is 0 Å². The van der Waals surface area contributed by atoms with Crippen LogP contribution in [0.5, 0.6) is 5.75 Å². The third-order valence-electron chi connectivity index (χ3n) is 3.50. The van der Waals surface area contributed by atoms with E-state index in [9.17, 15) is 4.79 Å². The molecule has 0 spiro atoms. The van der Waals surface area contributed by atoms with Crippen LogP contribution in [-0.4, -0.2) is 35.5 Å². The first kappa shape index (κ1) is 15.2. The fourth-order valence-electron chi connectivity index (χ4n) is 2.43. The zero-order valence-electron chi connectivity index (χ0n) is 12.8. The van der Waals surface area contributed by atoms with Gasteiger partial charge in [-0.3, -0.25) is 9.78 Å². The standard InChI is InChI=1S/C17H17N3O3/c1-22-8-9-23-15-6-2-5-13-14(19-20-17(21)16(13)15)10-12-4-3-7-18-11-12/h2-7,11H,8-10H2,1H3,(H,20,21). The second kappa shape index (κ2) is 7.02. The number of rotatable bonds is 6. The summed E-state index contributed by atoms with van der Waals surface area (Å²) in [6, 6.07) is 9.37. The van der Waals surface area contributed by atoms with Crippen molar-refractivity contribution in [3.63, 3.8) is 0 Å². The smallest absolute Gasteiger partial charge is 0.275 e. The molecule has 118 valence electrons. The topological polar surface area (TPSA) is 77.1 Å². The summed E-state index contributed by atoms with van der Waals surface area (Å²) in [6.07, 6.45) is 4.10. The molecule has 0 fully saturated rings. The van der Waals surface area contributed by atoms with Crippen molar-refractivity contribution in [1.82, 2.24) is 15.2 Å². The van der Waals surface area contributed by atoms with Gasteiger partial charge in [0.25, 0.3) is 5.56 Å². The lowest BCUT2D eigenvalue weighted by Crippen LogP contribution is -2.14.